The van der Waals surface area contributed by atoms with Crippen LogP contribution in [0.1, 0.15) is 46.0 Å². The molecule has 0 saturated heterocycles. The molecule has 0 aromatic carbocycles. The van der Waals surface area contributed by atoms with E-state index >= 15 is 0 Å². The van der Waals surface area contributed by atoms with E-state index < -0.39 is 0 Å². The fraction of sp³-hybridized carbons (Fsp3) is 1.00. The highest BCUT2D eigenvalue weighted by atomic mass is 16.5. The lowest BCUT2D eigenvalue weighted by Gasteiger charge is -2.35. The standard InChI is InChI=1S/C14H28O2/c1-5-12(2)8-14(10-15-3,11-16-4)9-13-6-7-13/h12-13H,5-11H2,1-4H3. The fourth-order valence-electron chi connectivity index (χ4n) is 2.79. The lowest BCUT2D eigenvalue weighted by Crippen LogP contribution is -2.34. The van der Waals surface area contributed by atoms with Gasteiger partial charge in [-0.25, -0.2) is 0 Å². The minimum atomic E-state index is 0.264. The molecule has 0 bridgehead atoms. The van der Waals surface area contributed by atoms with Crippen molar-refractivity contribution < 1.29 is 9.47 Å². The maximum absolute atomic E-state index is 5.45. The zero-order valence-electron chi connectivity index (χ0n) is 11.4. The first-order chi connectivity index (χ1) is 7.65. The van der Waals surface area contributed by atoms with Crippen molar-refractivity contribution in [1.29, 1.82) is 0 Å². The van der Waals surface area contributed by atoms with E-state index in [-0.39, 0.29) is 5.41 Å². The molecule has 1 rings (SSSR count). The first kappa shape index (κ1) is 14.0. The highest BCUT2D eigenvalue weighted by molar-refractivity contribution is 4.88. The molecule has 1 aliphatic carbocycles. The number of hydrogen-bond acceptors (Lipinski definition) is 2. The van der Waals surface area contributed by atoms with Crippen LogP contribution >= 0.6 is 0 Å². The average molecular weight is 228 g/mol. The van der Waals surface area contributed by atoms with E-state index in [1.807, 2.05) is 14.2 Å². The van der Waals surface area contributed by atoms with Crippen LogP contribution in [-0.4, -0.2) is 27.4 Å². The summed E-state index contributed by atoms with van der Waals surface area (Å²) in [6.45, 7) is 6.31. The Morgan fingerprint density at radius 3 is 2.12 bits per heavy atom. The Balaban J connectivity index is 2.59. The Bertz CT molecular complexity index is 181. The molecule has 0 heterocycles. The molecule has 96 valence electrons. The van der Waals surface area contributed by atoms with Gasteiger partial charge in [0.15, 0.2) is 0 Å². The van der Waals surface area contributed by atoms with Crippen molar-refractivity contribution >= 4 is 0 Å². The van der Waals surface area contributed by atoms with Gasteiger partial charge in [-0.05, 0) is 24.7 Å². The van der Waals surface area contributed by atoms with Gasteiger partial charge in [-0.3, -0.25) is 0 Å². The number of ether oxygens (including phenoxy) is 2. The molecule has 0 aromatic rings. The summed E-state index contributed by atoms with van der Waals surface area (Å²) < 4.78 is 10.9. The average Bonchev–Trinajstić information content (AvgIpc) is 3.02. The van der Waals surface area contributed by atoms with Crippen molar-refractivity contribution in [3.05, 3.63) is 0 Å². The van der Waals surface area contributed by atoms with Gasteiger partial charge in [0.1, 0.15) is 0 Å². The van der Waals surface area contributed by atoms with E-state index in [0.29, 0.717) is 0 Å². The minimum absolute atomic E-state index is 0.264. The molecule has 16 heavy (non-hydrogen) atoms. The molecule has 1 fully saturated rings. The van der Waals surface area contributed by atoms with Crippen LogP contribution in [0.4, 0.5) is 0 Å². The first-order valence-electron chi connectivity index (χ1n) is 6.63. The fourth-order valence-corrected chi connectivity index (χ4v) is 2.79. The van der Waals surface area contributed by atoms with Gasteiger partial charge in [-0.2, -0.15) is 0 Å². The number of rotatable bonds is 9. The summed E-state index contributed by atoms with van der Waals surface area (Å²) in [5.41, 5.74) is 0.264. The summed E-state index contributed by atoms with van der Waals surface area (Å²) in [5.74, 6) is 1.71. The van der Waals surface area contributed by atoms with E-state index in [1.165, 1.54) is 32.1 Å². The van der Waals surface area contributed by atoms with Crippen LogP contribution in [-0.2, 0) is 9.47 Å². The van der Waals surface area contributed by atoms with Crippen LogP contribution in [0.3, 0.4) is 0 Å². The molecule has 0 aliphatic heterocycles. The third kappa shape index (κ3) is 4.42. The molecule has 0 aromatic heterocycles. The molecule has 2 nitrogen and oxygen atoms in total. The zero-order chi connectivity index (χ0) is 12.0. The smallest absolute Gasteiger partial charge is 0.0540 e. The van der Waals surface area contributed by atoms with Gasteiger partial charge >= 0.3 is 0 Å². The van der Waals surface area contributed by atoms with Crippen LogP contribution in [0.15, 0.2) is 0 Å². The van der Waals surface area contributed by atoms with E-state index in [9.17, 15) is 0 Å². The van der Waals surface area contributed by atoms with E-state index in [4.69, 9.17) is 9.47 Å². The topological polar surface area (TPSA) is 18.5 Å². The number of hydrogen-bond donors (Lipinski definition) is 0. The van der Waals surface area contributed by atoms with E-state index in [2.05, 4.69) is 13.8 Å². The Morgan fingerprint density at radius 2 is 1.75 bits per heavy atom. The second-order valence-corrected chi connectivity index (χ2v) is 5.73. The lowest BCUT2D eigenvalue weighted by atomic mass is 9.76. The van der Waals surface area contributed by atoms with E-state index in [0.717, 1.165) is 25.0 Å². The molecule has 2 heteroatoms. The quantitative estimate of drug-likeness (QED) is 0.601. The second kappa shape index (κ2) is 6.61. The summed E-state index contributed by atoms with van der Waals surface area (Å²) in [4.78, 5) is 0. The molecule has 1 saturated carbocycles. The highest BCUT2D eigenvalue weighted by Crippen LogP contribution is 2.44. The molecular weight excluding hydrogens is 200 g/mol. The van der Waals surface area contributed by atoms with Gasteiger partial charge in [0, 0.05) is 19.6 Å². The van der Waals surface area contributed by atoms with Crippen molar-refractivity contribution in [2.75, 3.05) is 27.4 Å². The Kier molecular flexibility index (Phi) is 5.77. The Morgan fingerprint density at radius 1 is 1.19 bits per heavy atom. The van der Waals surface area contributed by atoms with Gasteiger partial charge in [-0.1, -0.05) is 33.1 Å². The maximum atomic E-state index is 5.45. The minimum Gasteiger partial charge on any atom is -0.384 e. The molecule has 1 atom stereocenters. The van der Waals surface area contributed by atoms with Crippen molar-refractivity contribution in [2.45, 2.75) is 46.0 Å². The van der Waals surface area contributed by atoms with Crippen LogP contribution in [0.2, 0.25) is 0 Å². The molecule has 1 unspecified atom stereocenters. The third-order valence-corrected chi connectivity index (χ3v) is 3.80. The second-order valence-electron chi connectivity index (χ2n) is 5.73. The Labute approximate surface area is 101 Å². The van der Waals surface area contributed by atoms with Gasteiger partial charge in [0.05, 0.1) is 13.2 Å². The van der Waals surface area contributed by atoms with Crippen molar-refractivity contribution in [1.82, 2.24) is 0 Å². The Hall–Kier alpha value is -0.0800. The SMILES string of the molecule is CCC(C)CC(COC)(COC)CC1CC1. The van der Waals surface area contributed by atoms with Crippen LogP contribution in [0.5, 0.6) is 0 Å². The molecule has 1 aliphatic rings. The number of methoxy groups -OCH3 is 2. The van der Waals surface area contributed by atoms with Gasteiger partial charge in [0.2, 0.25) is 0 Å². The monoisotopic (exact) mass is 228 g/mol. The highest BCUT2D eigenvalue weighted by Gasteiger charge is 2.37. The largest absolute Gasteiger partial charge is 0.384 e. The molecule has 0 N–H and O–H groups in total. The zero-order valence-corrected chi connectivity index (χ0v) is 11.4. The summed E-state index contributed by atoms with van der Waals surface area (Å²) in [7, 11) is 3.63. The maximum Gasteiger partial charge on any atom is 0.0540 e. The van der Waals surface area contributed by atoms with E-state index in [1.54, 1.807) is 0 Å². The molecule has 0 amide bonds. The predicted molar refractivity (Wildman–Crippen MR) is 67.6 cm³/mol. The molecule has 0 radical (unpaired) electrons. The first-order valence-corrected chi connectivity index (χ1v) is 6.63. The molecular formula is C14H28O2. The van der Waals surface area contributed by atoms with Crippen LogP contribution < -0.4 is 0 Å². The van der Waals surface area contributed by atoms with Gasteiger partial charge in [-0.15, -0.1) is 0 Å². The van der Waals surface area contributed by atoms with Crippen molar-refractivity contribution in [3.8, 4) is 0 Å². The van der Waals surface area contributed by atoms with Gasteiger partial charge in [0.25, 0.3) is 0 Å². The normalized spacial score (nSPS) is 18.8. The summed E-state index contributed by atoms with van der Waals surface area (Å²) in [5, 5.41) is 0. The van der Waals surface area contributed by atoms with Crippen LogP contribution in [0.25, 0.3) is 0 Å². The lowest BCUT2D eigenvalue weighted by molar-refractivity contribution is -0.0140. The third-order valence-electron chi connectivity index (χ3n) is 3.80. The molecule has 0 spiro atoms. The van der Waals surface area contributed by atoms with Crippen molar-refractivity contribution in [3.63, 3.8) is 0 Å². The van der Waals surface area contributed by atoms with Crippen LogP contribution in [0, 0.1) is 17.3 Å². The summed E-state index contributed by atoms with van der Waals surface area (Å²) in [6.07, 6.45) is 6.60. The van der Waals surface area contributed by atoms with Crippen molar-refractivity contribution in [2.24, 2.45) is 17.3 Å². The summed E-state index contributed by atoms with van der Waals surface area (Å²) in [6, 6.07) is 0. The predicted octanol–water partition coefficient (Wildman–Crippen LogP) is 3.50. The van der Waals surface area contributed by atoms with Gasteiger partial charge < -0.3 is 9.47 Å². The summed E-state index contributed by atoms with van der Waals surface area (Å²) >= 11 is 0.